The third kappa shape index (κ3) is 3.04. The van der Waals surface area contributed by atoms with Gasteiger partial charge < -0.3 is 4.90 Å². The van der Waals surface area contributed by atoms with E-state index in [1.807, 2.05) is 54.6 Å². The molecule has 1 heterocycles. The highest BCUT2D eigenvalue weighted by molar-refractivity contribution is 6.37. The van der Waals surface area contributed by atoms with Gasteiger partial charge in [0.15, 0.2) is 0 Å². The minimum absolute atomic E-state index is 0.00837. The summed E-state index contributed by atoms with van der Waals surface area (Å²) in [4.78, 5) is 15.1. The van der Waals surface area contributed by atoms with Gasteiger partial charge in [-0.1, -0.05) is 77.8 Å². The number of carbonyl (C=O) groups excluding carboxylic acids is 1. The number of amides is 1. The third-order valence-corrected chi connectivity index (χ3v) is 4.89. The van der Waals surface area contributed by atoms with Gasteiger partial charge in [0.2, 0.25) is 0 Å². The normalized spacial score (nSPS) is 14.2. The van der Waals surface area contributed by atoms with Gasteiger partial charge in [-0.3, -0.25) is 4.79 Å². The highest BCUT2D eigenvalue weighted by Crippen LogP contribution is 2.37. The monoisotopic (exact) mass is 359 g/mol. The third-order valence-electron chi connectivity index (χ3n) is 4.66. The number of hydrogen-bond donors (Lipinski definition) is 0. The molecule has 1 aliphatic heterocycles. The van der Waals surface area contributed by atoms with E-state index in [-0.39, 0.29) is 5.91 Å². The van der Waals surface area contributed by atoms with Crippen molar-refractivity contribution in [1.29, 1.82) is 0 Å². The number of benzene rings is 3. The Bertz CT molecular complexity index is 990. The second-order valence-electron chi connectivity index (χ2n) is 6.46. The summed E-state index contributed by atoms with van der Waals surface area (Å²) in [7, 11) is 0. The minimum Gasteiger partial charge on any atom is -0.304 e. The number of nitrogens with zero attached hydrogens (tertiary/aromatic N) is 1. The molecule has 26 heavy (non-hydrogen) atoms. The van der Waals surface area contributed by atoms with Crippen LogP contribution in [0.15, 0.2) is 78.9 Å². The van der Waals surface area contributed by atoms with Crippen molar-refractivity contribution in [3.63, 3.8) is 0 Å². The molecule has 1 aliphatic rings. The molecule has 0 unspecified atom stereocenters. The molecule has 0 radical (unpaired) electrons. The second-order valence-corrected chi connectivity index (χ2v) is 6.89. The number of halogens is 1. The Kier molecular flexibility index (Phi) is 4.36. The lowest BCUT2D eigenvalue weighted by atomic mass is 9.96. The maximum atomic E-state index is 13.3. The zero-order chi connectivity index (χ0) is 18.1. The summed E-state index contributed by atoms with van der Waals surface area (Å²) in [5, 5.41) is 0.625. The van der Waals surface area contributed by atoms with Gasteiger partial charge in [-0.25, -0.2) is 0 Å². The fourth-order valence-corrected chi connectivity index (χ4v) is 3.50. The first-order valence-electron chi connectivity index (χ1n) is 8.56. The second kappa shape index (κ2) is 6.81. The van der Waals surface area contributed by atoms with Crippen molar-refractivity contribution in [2.45, 2.75) is 6.92 Å². The molecule has 0 bridgehead atoms. The van der Waals surface area contributed by atoms with Gasteiger partial charge in [0, 0.05) is 10.7 Å². The van der Waals surface area contributed by atoms with Gasteiger partial charge >= 0.3 is 0 Å². The first kappa shape index (κ1) is 16.6. The van der Waals surface area contributed by atoms with Crippen molar-refractivity contribution >= 4 is 34.3 Å². The fourth-order valence-electron chi connectivity index (χ4n) is 3.32. The van der Waals surface area contributed by atoms with Crippen molar-refractivity contribution in [2.75, 3.05) is 11.4 Å². The topological polar surface area (TPSA) is 20.3 Å². The molecular weight excluding hydrogens is 342 g/mol. The fraction of sp³-hybridized carbons (Fsp3) is 0.0870. The molecule has 3 heteroatoms. The predicted octanol–water partition coefficient (Wildman–Crippen LogP) is 5.61. The standard InChI is InChI=1S/C23H18ClNO/c1-16-10-12-17(13-11-16)21-15-25(20-9-5-8-19(24)14-20)23(26)22(21)18-6-3-2-4-7-18/h2-14H,15H2,1H3. The molecule has 0 saturated heterocycles. The van der Waals surface area contributed by atoms with E-state index in [0.717, 1.165) is 28.0 Å². The van der Waals surface area contributed by atoms with Crippen LogP contribution in [0.2, 0.25) is 5.02 Å². The quantitative estimate of drug-likeness (QED) is 0.595. The molecular formula is C23H18ClNO. The van der Waals surface area contributed by atoms with Crippen LogP contribution in [0.1, 0.15) is 16.7 Å². The van der Waals surface area contributed by atoms with E-state index in [1.165, 1.54) is 5.56 Å². The molecule has 0 N–H and O–H groups in total. The van der Waals surface area contributed by atoms with Crippen LogP contribution in [0.5, 0.6) is 0 Å². The highest BCUT2D eigenvalue weighted by Gasteiger charge is 2.32. The van der Waals surface area contributed by atoms with Gasteiger partial charge in [0.25, 0.3) is 5.91 Å². The van der Waals surface area contributed by atoms with Crippen LogP contribution < -0.4 is 4.90 Å². The van der Waals surface area contributed by atoms with Gasteiger partial charge in [-0.2, -0.15) is 0 Å². The number of anilines is 1. The Morgan fingerprint density at radius 3 is 2.27 bits per heavy atom. The summed E-state index contributed by atoms with van der Waals surface area (Å²) in [5.41, 5.74) is 5.84. The van der Waals surface area contributed by atoms with Crippen LogP contribution in [-0.2, 0) is 4.79 Å². The molecule has 0 atom stereocenters. The molecule has 128 valence electrons. The van der Waals surface area contributed by atoms with Gasteiger partial charge in [0.1, 0.15) is 0 Å². The maximum Gasteiger partial charge on any atom is 0.259 e. The van der Waals surface area contributed by atoms with Crippen LogP contribution in [-0.4, -0.2) is 12.5 Å². The van der Waals surface area contributed by atoms with Crippen molar-refractivity contribution in [1.82, 2.24) is 0 Å². The maximum absolute atomic E-state index is 13.3. The van der Waals surface area contributed by atoms with E-state index in [1.54, 1.807) is 4.90 Å². The Morgan fingerprint density at radius 1 is 0.846 bits per heavy atom. The van der Waals surface area contributed by atoms with E-state index in [2.05, 4.69) is 31.2 Å². The van der Waals surface area contributed by atoms with E-state index in [0.29, 0.717) is 11.6 Å². The molecule has 0 spiro atoms. The molecule has 3 aromatic carbocycles. The lowest BCUT2D eigenvalue weighted by Gasteiger charge is -2.17. The van der Waals surface area contributed by atoms with Crippen LogP contribution in [0.4, 0.5) is 5.69 Å². The predicted molar refractivity (Wildman–Crippen MR) is 108 cm³/mol. The van der Waals surface area contributed by atoms with Crippen molar-refractivity contribution < 1.29 is 4.79 Å². The molecule has 0 aromatic heterocycles. The number of carbonyl (C=O) groups is 1. The summed E-state index contributed by atoms with van der Waals surface area (Å²) in [6.45, 7) is 2.60. The molecule has 2 nitrogen and oxygen atoms in total. The zero-order valence-electron chi connectivity index (χ0n) is 14.4. The van der Waals surface area contributed by atoms with Gasteiger partial charge in [-0.05, 0) is 41.8 Å². The zero-order valence-corrected chi connectivity index (χ0v) is 15.2. The Hall–Kier alpha value is -2.84. The lowest BCUT2D eigenvalue weighted by Crippen LogP contribution is -2.26. The summed E-state index contributed by atoms with van der Waals surface area (Å²) < 4.78 is 0. The van der Waals surface area contributed by atoms with E-state index < -0.39 is 0 Å². The Balaban J connectivity index is 1.84. The summed E-state index contributed by atoms with van der Waals surface area (Å²) in [5.74, 6) is 0.00837. The largest absolute Gasteiger partial charge is 0.304 e. The summed E-state index contributed by atoms with van der Waals surface area (Å²) >= 11 is 6.14. The lowest BCUT2D eigenvalue weighted by molar-refractivity contribution is -0.112. The Labute approximate surface area is 158 Å². The minimum atomic E-state index is 0.00837. The summed E-state index contributed by atoms with van der Waals surface area (Å²) in [6, 6.07) is 25.6. The number of aryl methyl sites for hydroxylation is 1. The molecule has 0 aliphatic carbocycles. The van der Waals surface area contributed by atoms with Crippen LogP contribution in [0.3, 0.4) is 0 Å². The SMILES string of the molecule is Cc1ccc(C2=C(c3ccccc3)C(=O)N(c3cccc(Cl)c3)C2)cc1. The number of rotatable bonds is 3. The molecule has 0 fully saturated rings. The van der Waals surface area contributed by atoms with Crippen LogP contribution in [0.25, 0.3) is 11.1 Å². The van der Waals surface area contributed by atoms with Crippen molar-refractivity contribution in [2.24, 2.45) is 0 Å². The first-order chi connectivity index (χ1) is 12.6. The molecule has 1 amide bonds. The number of hydrogen-bond acceptors (Lipinski definition) is 1. The van der Waals surface area contributed by atoms with Crippen molar-refractivity contribution in [3.8, 4) is 0 Å². The highest BCUT2D eigenvalue weighted by atomic mass is 35.5. The van der Waals surface area contributed by atoms with E-state index in [9.17, 15) is 4.79 Å². The van der Waals surface area contributed by atoms with Crippen LogP contribution >= 0.6 is 11.6 Å². The smallest absolute Gasteiger partial charge is 0.259 e. The van der Waals surface area contributed by atoms with E-state index >= 15 is 0 Å². The van der Waals surface area contributed by atoms with Crippen molar-refractivity contribution in [3.05, 3.63) is 101 Å². The van der Waals surface area contributed by atoms with Gasteiger partial charge in [-0.15, -0.1) is 0 Å². The average Bonchev–Trinajstić information content (AvgIpc) is 3.00. The molecule has 3 aromatic rings. The Morgan fingerprint density at radius 2 is 1.58 bits per heavy atom. The van der Waals surface area contributed by atoms with Crippen LogP contribution in [0, 0.1) is 6.92 Å². The first-order valence-corrected chi connectivity index (χ1v) is 8.94. The van der Waals surface area contributed by atoms with Gasteiger partial charge in [0.05, 0.1) is 12.1 Å². The summed E-state index contributed by atoms with van der Waals surface area (Å²) in [6.07, 6.45) is 0. The molecule has 4 rings (SSSR count). The molecule has 0 saturated carbocycles. The van der Waals surface area contributed by atoms with E-state index in [4.69, 9.17) is 11.6 Å². The average molecular weight is 360 g/mol.